The van der Waals surface area contributed by atoms with Gasteiger partial charge in [0.15, 0.2) is 5.78 Å². The second-order valence-corrected chi connectivity index (χ2v) is 4.30. The molecule has 0 saturated carbocycles. The molecule has 2 rings (SSSR count). The first-order valence-electron chi connectivity index (χ1n) is 6.11. The molecule has 0 amide bonds. The number of ether oxygens (including phenoxy) is 2. The van der Waals surface area contributed by atoms with E-state index in [0.717, 1.165) is 17.7 Å². The average molecular weight is 234 g/mol. The minimum atomic E-state index is -0.00752. The molecule has 0 radical (unpaired) electrons. The Labute approximate surface area is 102 Å². The van der Waals surface area contributed by atoms with Gasteiger partial charge in [-0.15, -0.1) is 0 Å². The second kappa shape index (κ2) is 5.32. The van der Waals surface area contributed by atoms with Gasteiger partial charge in [-0.3, -0.25) is 4.79 Å². The van der Waals surface area contributed by atoms with Crippen LogP contribution in [0, 0.1) is 5.92 Å². The largest absolute Gasteiger partial charge is 0.494 e. The van der Waals surface area contributed by atoms with E-state index in [0.29, 0.717) is 13.2 Å². The van der Waals surface area contributed by atoms with Crippen molar-refractivity contribution in [1.82, 2.24) is 0 Å². The molecule has 1 heterocycles. The van der Waals surface area contributed by atoms with Crippen LogP contribution in [0.4, 0.5) is 0 Å². The Morgan fingerprint density at radius 1 is 1.53 bits per heavy atom. The van der Waals surface area contributed by atoms with Crippen LogP contribution in [0.5, 0.6) is 5.75 Å². The van der Waals surface area contributed by atoms with E-state index in [2.05, 4.69) is 0 Å². The van der Waals surface area contributed by atoms with E-state index in [1.807, 2.05) is 38.1 Å². The van der Waals surface area contributed by atoms with E-state index < -0.39 is 0 Å². The van der Waals surface area contributed by atoms with Gasteiger partial charge in [0, 0.05) is 12.2 Å². The lowest BCUT2D eigenvalue weighted by molar-refractivity contribution is 0.0764. The summed E-state index contributed by atoms with van der Waals surface area (Å²) in [6.07, 6.45) is 0.844. The number of carbonyl (C=O) groups excluding carboxylic acids is 1. The highest BCUT2D eigenvalue weighted by Gasteiger charge is 2.31. The van der Waals surface area contributed by atoms with E-state index in [1.165, 1.54) is 0 Å². The molecule has 2 unspecified atom stereocenters. The SMILES string of the molecule is CCOc1cccc(C(=O)C2CCOC2C)c1. The Bertz CT molecular complexity index is 400. The zero-order valence-corrected chi connectivity index (χ0v) is 10.3. The van der Waals surface area contributed by atoms with Crippen molar-refractivity contribution in [3.05, 3.63) is 29.8 Å². The zero-order chi connectivity index (χ0) is 12.3. The zero-order valence-electron chi connectivity index (χ0n) is 10.3. The van der Waals surface area contributed by atoms with Gasteiger partial charge in [0.25, 0.3) is 0 Å². The van der Waals surface area contributed by atoms with Crippen LogP contribution in [-0.4, -0.2) is 25.1 Å². The number of hydrogen-bond donors (Lipinski definition) is 0. The Morgan fingerprint density at radius 2 is 2.35 bits per heavy atom. The summed E-state index contributed by atoms with van der Waals surface area (Å²) in [5.74, 6) is 0.911. The van der Waals surface area contributed by atoms with Crippen LogP contribution in [0.3, 0.4) is 0 Å². The third-order valence-corrected chi connectivity index (χ3v) is 3.14. The standard InChI is InChI=1S/C14H18O3/c1-3-16-12-6-4-5-11(9-12)14(15)13-7-8-17-10(13)2/h4-6,9-10,13H,3,7-8H2,1-2H3. The third kappa shape index (κ3) is 2.67. The fourth-order valence-corrected chi connectivity index (χ4v) is 2.20. The highest BCUT2D eigenvalue weighted by Crippen LogP contribution is 2.26. The highest BCUT2D eigenvalue weighted by molar-refractivity contribution is 5.98. The van der Waals surface area contributed by atoms with Crippen LogP contribution in [0.2, 0.25) is 0 Å². The number of benzene rings is 1. The van der Waals surface area contributed by atoms with Crippen molar-refractivity contribution in [2.45, 2.75) is 26.4 Å². The van der Waals surface area contributed by atoms with Gasteiger partial charge < -0.3 is 9.47 Å². The summed E-state index contributed by atoms with van der Waals surface area (Å²) in [5.41, 5.74) is 0.721. The number of hydrogen-bond acceptors (Lipinski definition) is 3. The van der Waals surface area contributed by atoms with Crippen LogP contribution < -0.4 is 4.74 Å². The predicted molar refractivity (Wildman–Crippen MR) is 65.5 cm³/mol. The summed E-state index contributed by atoms with van der Waals surface area (Å²) in [6.45, 7) is 5.19. The molecule has 92 valence electrons. The van der Waals surface area contributed by atoms with E-state index >= 15 is 0 Å². The van der Waals surface area contributed by atoms with Crippen molar-refractivity contribution in [3.63, 3.8) is 0 Å². The molecular formula is C14H18O3. The van der Waals surface area contributed by atoms with E-state index in [1.54, 1.807) is 0 Å². The molecule has 0 aromatic heterocycles. The fraction of sp³-hybridized carbons (Fsp3) is 0.500. The van der Waals surface area contributed by atoms with Gasteiger partial charge >= 0.3 is 0 Å². The van der Waals surface area contributed by atoms with Crippen LogP contribution in [0.25, 0.3) is 0 Å². The van der Waals surface area contributed by atoms with E-state index in [-0.39, 0.29) is 17.8 Å². The summed E-state index contributed by atoms with van der Waals surface area (Å²) in [7, 11) is 0. The van der Waals surface area contributed by atoms with Crippen molar-refractivity contribution < 1.29 is 14.3 Å². The van der Waals surface area contributed by atoms with E-state index in [4.69, 9.17) is 9.47 Å². The van der Waals surface area contributed by atoms with Gasteiger partial charge in [-0.2, -0.15) is 0 Å². The fourth-order valence-electron chi connectivity index (χ4n) is 2.20. The molecule has 3 nitrogen and oxygen atoms in total. The van der Waals surface area contributed by atoms with Crippen molar-refractivity contribution in [2.24, 2.45) is 5.92 Å². The molecule has 1 aromatic rings. The molecule has 17 heavy (non-hydrogen) atoms. The topological polar surface area (TPSA) is 35.5 Å². The monoisotopic (exact) mass is 234 g/mol. The summed E-state index contributed by atoms with van der Waals surface area (Å²) >= 11 is 0. The maximum absolute atomic E-state index is 12.3. The Balaban J connectivity index is 2.15. The first-order chi connectivity index (χ1) is 8.22. The molecule has 3 heteroatoms. The third-order valence-electron chi connectivity index (χ3n) is 3.14. The van der Waals surface area contributed by atoms with Gasteiger partial charge in [0.1, 0.15) is 5.75 Å². The Kier molecular flexibility index (Phi) is 3.79. The van der Waals surface area contributed by atoms with Gasteiger partial charge in [0.2, 0.25) is 0 Å². The molecular weight excluding hydrogens is 216 g/mol. The molecule has 1 fully saturated rings. The van der Waals surface area contributed by atoms with Crippen LogP contribution in [0.15, 0.2) is 24.3 Å². The second-order valence-electron chi connectivity index (χ2n) is 4.30. The first kappa shape index (κ1) is 12.1. The lowest BCUT2D eigenvalue weighted by Gasteiger charge is -2.13. The van der Waals surface area contributed by atoms with Gasteiger partial charge in [-0.05, 0) is 32.4 Å². The van der Waals surface area contributed by atoms with E-state index in [9.17, 15) is 4.79 Å². The summed E-state index contributed by atoms with van der Waals surface area (Å²) in [5, 5.41) is 0. The maximum Gasteiger partial charge on any atom is 0.168 e. The molecule has 1 saturated heterocycles. The maximum atomic E-state index is 12.3. The molecule has 0 N–H and O–H groups in total. The Morgan fingerprint density at radius 3 is 3.00 bits per heavy atom. The smallest absolute Gasteiger partial charge is 0.168 e. The van der Waals surface area contributed by atoms with Crippen molar-refractivity contribution in [1.29, 1.82) is 0 Å². The highest BCUT2D eigenvalue weighted by atomic mass is 16.5. The molecule has 0 bridgehead atoms. The van der Waals surface area contributed by atoms with Gasteiger partial charge in [0.05, 0.1) is 18.6 Å². The minimum absolute atomic E-state index is 0.00752. The van der Waals surface area contributed by atoms with Crippen LogP contribution in [0.1, 0.15) is 30.6 Å². The minimum Gasteiger partial charge on any atom is -0.494 e. The molecule has 2 atom stereocenters. The summed E-state index contributed by atoms with van der Waals surface area (Å²) < 4.78 is 10.8. The van der Waals surface area contributed by atoms with Gasteiger partial charge in [-0.1, -0.05) is 12.1 Å². The van der Waals surface area contributed by atoms with Crippen molar-refractivity contribution in [3.8, 4) is 5.75 Å². The molecule has 1 aliphatic heterocycles. The number of Topliss-reactive ketones (excluding diaryl/α,β-unsaturated/α-hetero) is 1. The first-order valence-corrected chi connectivity index (χ1v) is 6.11. The molecule has 0 aliphatic carbocycles. The number of rotatable bonds is 4. The normalized spacial score (nSPS) is 23.6. The molecule has 0 spiro atoms. The lowest BCUT2D eigenvalue weighted by Crippen LogP contribution is -2.21. The van der Waals surface area contributed by atoms with Crippen LogP contribution in [-0.2, 0) is 4.74 Å². The molecule has 1 aliphatic rings. The Hall–Kier alpha value is -1.35. The van der Waals surface area contributed by atoms with Crippen molar-refractivity contribution >= 4 is 5.78 Å². The van der Waals surface area contributed by atoms with Gasteiger partial charge in [-0.25, -0.2) is 0 Å². The summed E-state index contributed by atoms with van der Waals surface area (Å²) in [4.78, 5) is 12.3. The lowest BCUT2D eigenvalue weighted by atomic mass is 9.92. The average Bonchev–Trinajstić information content (AvgIpc) is 2.75. The number of carbonyl (C=O) groups is 1. The molecule has 1 aromatic carbocycles. The number of ketones is 1. The quantitative estimate of drug-likeness (QED) is 0.751. The summed E-state index contributed by atoms with van der Waals surface area (Å²) in [6, 6.07) is 7.39. The van der Waals surface area contributed by atoms with Crippen molar-refractivity contribution in [2.75, 3.05) is 13.2 Å². The van der Waals surface area contributed by atoms with Crippen LogP contribution >= 0.6 is 0 Å². The predicted octanol–water partition coefficient (Wildman–Crippen LogP) is 2.69.